The number of aromatic nitrogens is 1. The number of para-hydroxylation sites is 1. The molecule has 0 radical (unpaired) electrons. The molecule has 0 aliphatic heterocycles. The highest BCUT2D eigenvalue weighted by atomic mass is 35.5. The molecule has 0 saturated heterocycles. The van der Waals surface area contributed by atoms with Gasteiger partial charge < -0.3 is 15.4 Å². The fraction of sp³-hybridized carbons (Fsp3) is 0.316. The molecule has 0 spiro atoms. The molecule has 28 heavy (non-hydrogen) atoms. The average molecular weight is 452 g/mol. The second-order valence-electron chi connectivity index (χ2n) is 6.44. The van der Waals surface area contributed by atoms with Gasteiger partial charge in [0.15, 0.2) is 10.2 Å². The number of nitrogens with one attached hydrogen (secondary N) is 2. The van der Waals surface area contributed by atoms with Crippen molar-refractivity contribution in [3.8, 4) is 0 Å². The van der Waals surface area contributed by atoms with Crippen LogP contribution in [0.15, 0.2) is 18.2 Å². The number of carbonyl (C=O) groups excluding carboxylic acids is 1. The zero-order chi connectivity index (χ0) is 19.7. The van der Waals surface area contributed by atoms with Crippen molar-refractivity contribution in [2.75, 3.05) is 17.7 Å². The van der Waals surface area contributed by atoms with Gasteiger partial charge in [-0.1, -0.05) is 35.4 Å². The van der Waals surface area contributed by atoms with Gasteiger partial charge in [-0.3, -0.25) is 0 Å². The number of carbonyl (C=O) groups is 1. The number of ether oxygens (including phenoxy) is 1. The van der Waals surface area contributed by atoms with E-state index in [0.717, 1.165) is 46.5 Å². The first-order valence-corrected chi connectivity index (χ1v) is 11.3. The van der Waals surface area contributed by atoms with E-state index >= 15 is 0 Å². The van der Waals surface area contributed by atoms with Crippen molar-refractivity contribution in [3.05, 3.63) is 39.2 Å². The monoisotopic (exact) mass is 451 g/mol. The minimum absolute atomic E-state index is 0.323. The lowest BCUT2D eigenvalue weighted by Gasteiger charge is -2.09. The Bertz CT molecular complexity index is 1060. The number of benzene rings is 1. The molecule has 3 aromatic rings. The van der Waals surface area contributed by atoms with E-state index in [2.05, 4.69) is 15.6 Å². The molecular weight excluding hydrogens is 434 g/mol. The van der Waals surface area contributed by atoms with Crippen LogP contribution in [0.1, 0.15) is 40.1 Å². The Morgan fingerprint density at radius 1 is 1.21 bits per heavy atom. The molecule has 0 fully saturated rings. The van der Waals surface area contributed by atoms with Crippen LogP contribution in [0.2, 0.25) is 5.02 Å². The summed E-state index contributed by atoms with van der Waals surface area (Å²) in [7, 11) is 1.41. The van der Waals surface area contributed by atoms with E-state index in [4.69, 9.17) is 28.6 Å². The molecule has 0 unspecified atom stereocenters. The van der Waals surface area contributed by atoms with Crippen LogP contribution < -0.4 is 10.6 Å². The number of halogens is 1. The molecule has 1 aliphatic rings. The van der Waals surface area contributed by atoms with Crippen LogP contribution in [0.25, 0.3) is 10.2 Å². The molecular formula is C19H18ClN3O2S3. The second-order valence-corrected chi connectivity index (χ2v) is 9.40. The molecule has 0 amide bonds. The highest BCUT2D eigenvalue weighted by Gasteiger charge is 2.25. The third kappa shape index (κ3) is 3.87. The van der Waals surface area contributed by atoms with Crippen LogP contribution in [0.4, 0.5) is 10.1 Å². The number of nitrogens with zero attached hydrogens (tertiary/aromatic N) is 1. The maximum atomic E-state index is 12.4. The van der Waals surface area contributed by atoms with Crippen molar-refractivity contribution < 1.29 is 9.53 Å². The van der Waals surface area contributed by atoms with Crippen molar-refractivity contribution >= 4 is 77.9 Å². The first-order chi connectivity index (χ1) is 13.6. The third-order valence-corrected chi connectivity index (χ3v) is 7.28. The molecule has 0 bridgehead atoms. The zero-order valence-corrected chi connectivity index (χ0v) is 18.3. The van der Waals surface area contributed by atoms with Crippen molar-refractivity contribution in [1.29, 1.82) is 0 Å². The first-order valence-electron chi connectivity index (χ1n) is 8.92. The van der Waals surface area contributed by atoms with E-state index in [9.17, 15) is 4.79 Å². The van der Waals surface area contributed by atoms with E-state index in [1.54, 1.807) is 11.3 Å². The molecule has 0 atom stereocenters. The SMILES string of the molecule is COC(=O)c1c(NC(=S)Nc2nc3c(Cl)cccc3s2)sc2c1CCCCC2. The Kier molecular flexibility index (Phi) is 5.82. The van der Waals surface area contributed by atoms with Crippen LogP contribution in [-0.4, -0.2) is 23.2 Å². The van der Waals surface area contributed by atoms with Crippen LogP contribution in [-0.2, 0) is 17.6 Å². The van der Waals surface area contributed by atoms with E-state index in [1.807, 2.05) is 18.2 Å². The van der Waals surface area contributed by atoms with Gasteiger partial charge in [0.1, 0.15) is 10.5 Å². The molecule has 2 N–H and O–H groups in total. The Morgan fingerprint density at radius 2 is 2.04 bits per heavy atom. The lowest BCUT2D eigenvalue weighted by Crippen LogP contribution is -2.20. The molecule has 146 valence electrons. The average Bonchev–Trinajstić information content (AvgIpc) is 3.15. The van der Waals surface area contributed by atoms with Crippen LogP contribution >= 0.6 is 46.5 Å². The van der Waals surface area contributed by atoms with Crippen molar-refractivity contribution in [3.63, 3.8) is 0 Å². The molecule has 0 saturated carbocycles. The van der Waals surface area contributed by atoms with Gasteiger partial charge in [0.25, 0.3) is 0 Å². The number of rotatable bonds is 3. The first kappa shape index (κ1) is 19.6. The molecule has 1 aromatic carbocycles. The van der Waals surface area contributed by atoms with E-state index in [-0.39, 0.29) is 5.97 Å². The number of anilines is 2. The number of hydrogen-bond acceptors (Lipinski definition) is 6. The highest BCUT2D eigenvalue weighted by molar-refractivity contribution is 7.80. The molecule has 5 nitrogen and oxygen atoms in total. The maximum Gasteiger partial charge on any atom is 0.341 e. The Hall–Kier alpha value is -1.74. The van der Waals surface area contributed by atoms with Crippen molar-refractivity contribution in [1.82, 2.24) is 4.98 Å². The molecule has 2 heterocycles. The lowest BCUT2D eigenvalue weighted by atomic mass is 10.1. The number of thiophene rings is 1. The minimum Gasteiger partial charge on any atom is -0.465 e. The van der Waals surface area contributed by atoms with Crippen LogP contribution in [0, 0.1) is 0 Å². The van der Waals surface area contributed by atoms with Gasteiger partial charge in [-0.2, -0.15) is 0 Å². The largest absolute Gasteiger partial charge is 0.465 e. The molecule has 1 aliphatic carbocycles. The normalized spacial score (nSPS) is 13.6. The summed E-state index contributed by atoms with van der Waals surface area (Å²) in [4.78, 5) is 18.2. The summed E-state index contributed by atoms with van der Waals surface area (Å²) in [5.41, 5.74) is 2.46. The van der Waals surface area contributed by atoms with Crippen LogP contribution in [0.5, 0.6) is 0 Å². The summed E-state index contributed by atoms with van der Waals surface area (Å²) >= 11 is 14.7. The topological polar surface area (TPSA) is 63.2 Å². The second kappa shape index (κ2) is 8.32. The predicted octanol–water partition coefficient (Wildman–Crippen LogP) is 5.88. The fourth-order valence-electron chi connectivity index (χ4n) is 3.35. The summed E-state index contributed by atoms with van der Waals surface area (Å²) in [6.45, 7) is 0. The summed E-state index contributed by atoms with van der Waals surface area (Å²) in [6, 6.07) is 5.67. The molecule has 9 heteroatoms. The third-order valence-electron chi connectivity index (χ3n) is 4.63. The lowest BCUT2D eigenvalue weighted by molar-refractivity contribution is 0.0601. The Morgan fingerprint density at radius 3 is 2.82 bits per heavy atom. The van der Waals surface area contributed by atoms with E-state index < -0.39 is 0 Å². The van der Waals surface area contributed by atoms with Gasteiger partial charge in [0.05, 0.1) is 22.4 Å². The Labute approximate surface area is 181 Å². The number of esters is 1. The standard InChI is InChI=1S/C19H18ClN3O2S3/c1-25-17(24)14-10-6-3-2-4-8-12(10)27-16(14)22-18(26)23-19-21-15-11(20)7-5-9-13(15)28-19/h5,7,9H,2-4,6,8H2,1H3,(H2,21,22,23,26). The van der Waals surface area contributed by atoms with Crippen LogP contribution in [0.3, 0.4) is 0 Å². The van der Waals surface area contributed by atoms with Crippen molar-refractivity contribution in [2.24, 2.45) is 0 Å². The minimum atomic E-state index is -0.323. The van der Waals surface area contributed by atoms with E-state index in [1.165, 1.54) is 29.7 Å². The molecule has 2 aromatic heterocycles. The number of methoxy groups -OCH3 is 1. The number of thiazole rings is 1. The summed E-state index contributed by atoms with van der Waals surface area (Å²) in [5, 5.41) is 8.67. The predicted molar refractivity (Wildman–Crippen MR) is 121 cm³/mol. The van der Waals surface area contributed by atoms with Gasteiger partial charge in [-0.05, 0) is 55.6 Å². The van der Waals surface area contributed by atoms with Gasteiger partial charge in [-0.15, -0.1) is 11.3 Å². The number of hydrogen-bond donors (Lipinski definition) is 2. The summed E-state index contributed by atoms with van der Waals surface area (Å²) in [5.74, 6) is -0.323. The number of aryl methyl sites for hydroxylation is 1. The Balaban J connectivity index is 1.58. The fourth-order valence-corrected chi connectivity index (χ4v) is 6.13. The van der Waals surface area contributed by atoms with Gasteiger partial charge in [-0.25, -0.2) is 9.78 Å². The quantitative estimate of drug-likeness (QED) is 0.294. The van der Waals surface area contributed by atoms with E-state index in [0.29, 0.717) is 20.8 Å². The number of thiocarbonyl (C=S) groups is 1. The van der Waals surface area contributed by atoms with Gasteiger partial charge in [0.2, 0.25) is 0 Å². The van der Waals surface area contributed by atoms with Gasteiger partial charge >= 0.3 is 5.97 Å². The summed E-state index contributed by atoms with van der Waals surface area (Å²) in [6.07, 6.45) is 5.30. The maximum absolute atomic E-state index is 12.4. The summed E-state index contributed by atoms with van der Waals surface area (Å²) < 4.78 is 6.02. The van der Waals surface area contributed by atoms with Gasteiger partial charge in [0, 0.05) is 4.88 Å². The number of fused-ring (bicyclic) bond motifs is 2. The molecule has 4 rings (SSSR count). The highest BCUT2D eigenvalue weighted by Crippen LogP contribution is 2.38. The smallest absolute Gasteiger partial charge is 0.341 e. The zero-order valence-electron chi connectivity index (χ0n) is 15.1. The van der Waals surface area contributed by atoms with Crippen molar-refractivity contribution in [2.45, 2.75) is 32.1 Å².